The molecule has 0 aromatic carbocycles. The predicted molar refractivity (Wildman–Crippen MR) is 63.3 cm³/mol. The average Bonchev–Trinajstić information content (AvgIpc) is 2.91. The van der Waals surface area contributed by atoms with E-state index in [0.717, 1.165) is 22.1 Å². The highest BCUT2D eigenvalue weighted by atomic mass is 14.8. The first-order valence-corrected chi connectivity index (χ1v) is 5.11. The third-order valence-electron chi connectivity index (χ3n) is 2.94. The molecule has 4 aromatic heterocycles. The number of rotatable bonds is 0. The molecule has 4 aromatic rings. The molecule has 4 heterocycles. The fraction of sp³-hybridized carbons (Fsp3) is 0. The second-order valence-corrected chi connectivity index (χ2v) is 3.83. The Morgan fingerprint density at radius 1 is 1.06 bits per heavy atom. The number of aromatic amines is 2. The van der Waals surface area contributed by atoms with Crippen LogP contribution in [0.1, 0.15) is 0 Å². The zero-order valence-corrected chi connectivity index (χ0v) is 8.36. The van der Waals surface area contributed by atoms with Crippen LogP contribution in [0.5, 0.6) is 0 Å². The maximum atomic E-state index is 4.38. The van der Waals surface area contributed by atoms with Crippen molar-refractivity contribution in [1.82, 2.24) is 19.9 Å². The minimum absolute atomic E-state index is 0.991. The van der Waals surface area contributed by atoms with E-state index >= 15 is 0 Å². The fourth-order valence-corrected chi connectivity index (χ4v) is 2.23. The van der Waals surface area contributed by atoms with Gasteiger partial charge in [-0.1, -0.05) is 0 Å². The maximum absolute atomic E-state index is 4.38. The van der Waals surface area contributed by atoms with E-state index < -0.39 is 0 Å². The molecule has 0 radical (unpaired) electrons. The maximum Gasteiger partial charge on any atom is 0.0886 e. The molecule has 4 nitrogen and oxygen atoms in total. The second kappa shape index (κ2) is 2.61. The van der Waals surface area contributed by atoms with Crippen molar-refractivity contribution < 1.29 is 0 Å². The molecular formula is C12H8N4. The molecule has 4 rings (SSSR count). The number of aromatic nitrogens is 4. The Labute approximate surface area is 90.3 Å². The van der Waals surface area contributed by atoms with Crippen LogP contribution >= 0.6 is 0 Å². The van der Waals surface area contributed by atoms with Gasteiger partial charge < -0.3 is 9.97 Å². The number of hydrogen-bond acceptors (Lipinski definition) is 2. The van der Waals surface area contributed by atoms with Crippen LogP contribution in [0.15, 0.2) is 36.9 Å². The minimum Gasteiger partial charge on any atom is -0.359 e. The minimum atomic E-state index is 0.991. The monoisotopic (exact) mass is 208 g/mol. The van der Waals surface area contributed by atoms with Gasteiger partial charge in [0, 0.05) is 23.2 Å². The van der Waals surface area contributed by atoms with Gasteiger partial charge in [0.2, 0.25) is 0 Å². The highest BCUT2D eigenvalue weighted by Crippen LogP contribution is 2.29. The van der Waals surface area contributed by atoms with Gasteiger partial charge >= 0.3 is 0 Å². The zero-order valence-electron chi connectivity index (χ0n) is 8.36. The quantitative estimate of drug-likeness (QED) is 0.466. The highest BCUT2D eigenvalue weighted by molar-refractivity contribution is 6.17. The number of fused-ring (bicyclic) bond motifs is 5. The van der Waals surface area contributed by atoms with Crippen molar-refractivity contribution in [3.63, 3.8) is 0 Å². The molecule has 76 valence electrons. The lowest BCUT2D eigenvalue weighted by Crippen LogP contribution is -1.76. The van der Waals surface area contributed by atoms with Crippen LogP contribution in [0.25, 0.3) is 32.8 Å². The summed E-state index contributed by atoms with van der Waals surface area (Å²) >= 11 is 0. The number of nitrogens with zero attached hydrogens (tertiary/aromatic N) is 2. The third kappa shape index (κ3) is 0.839. The molecule has 0 atom stereocenters. The van der Waals surface area contributed by atoms with Crippen LogP contribution in [-0.2, 0) is 0 Å². The molecule has 2 N–H and O–H groups in total. The molecule has 0 aliphatic heterocycles. The predicted octanol–water partition coefficient (Wildman–Crippen LogP) is 2.59. The Morgan fingerprint density at radius 3 is 3.06 bits per heavy atom. The molecule has 0 saturated heterocycles. The van der Waals surface area contributed by atoms with Crippen molar-refractivity contribution >= 4 is 32.8 Å². The summed E-state index contributed by atoms with van der Waals surface area (Å²) in [6, 6.07) is 4.00. The van der Waals surface area contributed by atoms with Gasteiger partial charge in [0.1, 0.15) is 0 Å². The van der Waals surface area contributed by atoms with E-state index in [4.69, 9.17) is 0 Å². The van der Waals surface area contributed by atoms with E-state index in [0.29, 0.717) is 0 Å². The molecule has 16 heavy (non-hydrogen) atoms. The van der Waals surface area contributed by atoms with E-state index in [1.54, 1.807) is 0 Å². The lowest BCUT2D eigenvalue weighted by Gasteiger charge is -1.93. The van der Waals surface area contributed by atoms with Gasteiger partial charge in [-0.05, 0) is 12.1 Å². The summed E-state index contributed by atoms with van der Waals surface area (Å²) in [6.07, 6.45) is 7.43. The first-order valence-electron chi connectivity index (χ1n) is 5.11. The van der Waals surface area contributed by atoms with E-state index in [1.165, 1.54) is 10.8 Å². The first kappa shape index (κ1) is 7.87. The van der Waals surface area contributed by atoms with E-state index in [1.807, 2.05) is 36.9 Å². The fourth-order valence-electron chi connectivity index (χ4n) is 2.23. The summed E-state index contributed by atoms with van der Waals surface area (Å²) in [7, 11) is 0. The van der Waals surface area contributed by atoms with Crippen LogP contribution in [0.3, 0.4) is 0 Å². The Balaban J connectivity index is 2.42. The van der Waals surface area contributed by atoms with E-state index in [-0.39, 0.29) is 0 Å². The first-order chi connectivity index (χ1) is 7.93. The van der Waals surface area contributed by atoms with Crippen LogP contribution in [0.4, 0.5) is 0 Å². The van der Waals surface area contributed by atoms with Gasteiger partial charge in [0.15, 0.2) is 0 Å². The van der Waals surface area contributed by atoms with Crippen LogP contribution in [0.2, 0.25) is 0 Å². The summed E-state index contributed by atoms with van der Waals surface area (Å²) in [6.45, 7) is 0. The lowest BCUT2D eigenvalue weighted by atomic mass is 10.2. The molecule has 0 aliphatic rings. The summed E-state index contributed by atoms with van der Waals surface area (Å²) < 4.78 is 0. The average molecular weight is 208 g/mol. The van der Waals surface area contributed by atoms with Crippen molar-refractivity contribution in [2.45, 2.75) is 0 Å². The van der Waals surface area contributed by atoms with Gasteiger partial charge in [-0.25, -0.2) is 0 Å². The van der Waals surface area contributed by atoms with Crippen molar-refractivity contribution in [2.24, 2.45) is 0 Å². The normalized spacial score (nSPS) is 11.8. The van der Waals surface area contributed by atoms with Gasteiger partial charge in [-0.3, -0.25) is 9.97 Å². The van der Waals surface area contributed by atoms with Crippen molar-refractivity contribution in [2.75, 3.05) is 0 Å². The molecule has 0 amide bonds. The standard InChI is InChI=1S/C12H8N4/c1-3-13-5-9-7(1)11-10(16-9)6-15-8-2-4-14-12(8)11/h1-6,14,16H. The van der Waals surface area contributed by atoms with Crippen LogP contribution < -0.4 is 0 Å². The summed E-state index contributed by atoms with van der Waals surface area (Å²) in [4.78, 5) is 15.0. The van der Waals surface area contributed by atoms with Gasteiger partial charge in [-0.2, -0.15) is 0 Å². The number of H-pyrrole nitrogens is 2. The molecule has 0 unspecified atom stereocenters. The largest absolute Gasteiger partial charge is 0.359 e. The molecule has 0 saturated carbocycles. The van der Waals surface area contributed by atoms with E-state index in [9.17, 15) is 0 Å². The molecule has 0 spiro atoms. The Morgan fingerprint density at radius 2 is 2.06 bits per heavy atom. The smallest absolute Gasteiger partial charge is 0.0886 e. The Bertz CT molecular complexity index is 809. The number of hydrogen-bond donors (Lipinski definition) is 2. The van der Waals surface area contributed by atoms with Crippen LogP contribution in [0, 0.1) is 0 Å². The Hall–Kier alpha value is -2.36. The number of pyridine rings is 2. The highest BCUT2D eigenvalue weighted by Gasteiger charge is 2.08. The zero-order chi connectivity index (χ0) is 10.5. The van der Waals surface area contributed by atoms with Crippen LogP contribution in [-0.4, -0.2) is 19.9 Å². The topological polar surface area (TPSA) is 57.4 Å². The lowest BCUT2D eigenvalue weighted by molar-refractivity contribution is 1.34. The van der Waals surface area contributed by atoms with E-state index in [2.05, 4.69) is 19.9 Å². The third-order valence-corrected chi connectivity index (χ3v) is 2.94. The van der Waals surface area contributed by atoms with Gasteiger partial charge in [-0.15, -0.1) is 0 Å². The summed E-state index contributed by atoms with van der Waals surface area (Å²) in [5, 5.41) is 2.37. The Kier molecular flexibility index (Phi) is 1.28. The molecule has 0 aliphatic carbocycles. The molecule has 0 fully saturated rings. The number of nitrogens with one attached hydrogen (secondary N) is 2. The molecule has 0 bridgehead atoms. The van der Waals surface area contributed by atoms with Crippen molar-refractivity contribution in [1.29, 1.82) is 0 Å². The van der Waals surface area contributed by atoms with Gasteiger partial charge in [0.25, 0.3) is 0 Å². The second-order valence-electron chi connectivity index (χ2n) is 3.83. The van der Waals surface area contributed by atoms with Crippen molar-refractivity contribution in [3.8, 4) is 0 Å². The summed E-state index contributed by atoms with van der Waals surface area (Å²) in [5.74, 6) is 0. The SMILES string of the molecule is c1cc2c(cn1)[nH]c1cnc3cc[nH]c3c12. The molecular weight excluding hydrogens is 200 g/mol. The van der Waals surface area contributed by atoms with Crippen molar-refractivity contribution in [3.05, 3.63) is 36.9 Å². The van der Waals surface area contributed by atoms with Gasteiger partial charge in [0.05, 0.1) is 34.5 Å². The molecule has 4 heteroatoms. The summed E-state index contributed by atoms with van der Waals surface area (Å²) in [5.41, 5.74) is 4.15.